The van der Waals surface area contributed by atoms with Crippen molar-refractivity contribution < 1.29 is 25.2 Å². The molecule has 0 spiro atoms. The standard InChI is InChI=1S/C24H25FN4O4.H2/c1-15-7-8-16-18(14-15)26-22(21-17(25)4-2-5-19(21)30)27-23(16)28-9-11-29(12-10-28)24(31)33-20-6-3-13-32-20;/h2,4-5,7-8,14,20,30H,3,6,9-13H2,1H3;1H/t20-;/m0./s1. The summed E-state index contributed by atoms with van der Waals surface area (Å²) in [5, 5.41) is 11.1. The summed E-state index contributed by atoms with van der Waals surface area (Å²) in [5.41, 5.74) is 1.65. The third-order valence-electron chi connectivity index (χ3n) is 6.01. The van der Waals surface area contributed by atoms with Gasteiger partial charge in [0, 0.05) is 39.4 Å². The van der Waals surface area contributed by atoms with Gasteiger partial charge in [-0.1, -0.05) is 12.1 Å². The molecule has 0 unspecified atom stereocenters. The number of halogens is 1. The predicted octanol–water partition coefficient (Wildman–Crippen LogP) is 4.09. The van der Waals surface area contributed by atoms with Gasteiger partial charge in [-0.25, -0.2) is 19.2 Å². The minimum atomic E-state index is -0.588. The van der Waals surface area contributed by atoms with Gasteiger partial charge in [0.25, 0.3) is 0 Å². The van der Waals surface area contributed by atoms with Crippen molar-refractivity contribution in [3.63, 3.8) is 0 Å². The van der Waals surface area contributed by atoms with Crippen molar-refractivity contribution in [1.82, 2.24) is 14.9 Å². The second-order valence-corrected chi connectivity index (χ2v) is 8.33. The van der Waals surface area contributed by atoms with Crippen LogP contribution < -0.4 is 4.90 Å². The van der Waals surface area contributed by atoms with Gasteiger partial charge in [0.15, 0.2) is 5.82 Å². The first-order chi connectivity index (χ1) is 16.0. The number of aromatic nitrogens is 2. The summed E-state index contributed by atoms with van der Waals surface area (Å²) in [7, 11) is 0. The first kappa shape index (κ1) is 21.4. The first-order valence-electron chi connectivity index (χ1n) is 11.1. The number of amides is 1. The van der Waals surface area contributed by atoms with Crippen LogP contribution in [0.1, 0.15) is 19.8 Å². The fourth-order valence-electron chi connectivity index (χ4n) is 4.24. The number of carbonyl (C=O) groups excluding carboxylic acids is 1. The molecular weight excluding hydrogens is 427 g/mol. The number of phenolic OH excluding ortho intramolecular Hbond substituents is 1. The maximum atomic E-state index is 14.6. The molecule has 9 heteroatoms. The van der Waals surface area contributed by atoms with E-state index in [1.807, 2.05) is 25.1 Å². The van der Waals surface area contributed by atoms with Gasteiger partial charge in [-0.2, -0.15) is 0 Å². The Hall–Kier alpha value is -3.46. The molecule has 2 saturated heterocycles. The number of hydrogen-bond acceptors (Lipinski definition) is 7. The number of nitrogens with zero attached hydrogens (tertiary/aromatic N) is 4. The minimum absolute atomic E-state index is 0. The Kier molecular flexibility index (Phi) is 5.72. The molecule has 174 valence electrons. The molecule has 0 radical (unpaired) electrons. The third kappa shape index (κ3) is 4.28. The van der Waals surface area contributed by atoms with Gasteiger partial charge in [-0.3, -0.25) is 0 Å². The topological polar surface area (TPSA) is 88.0 Å². The Bertz CT molecular complexity index is 1180. The summed E-state index contributed by atoms with van der Waals surface area (Å²) >= 11 is 0. The molecule has 0 bridgehead atoms. The fourth-order valence-corrected chi connectivity index (χ4v) is 4.24. The van der Waals surface area contributed by atoms with Gasteiger partial charge >= 0.3 is 6.09 Å². The lowest BCUT2D eigenvalue weighted by atomic mass is 10.1. The van der Waals surface area contributed by atoms with Crippen LogP contribution >= 0.6 is 0 Å². The van der Waals surface area contributed by atoms with Crippen LogP contribution in [0.3, 0.4) is 0 Å². The summed E-state index contributed by atoms with van der Waals surface area (Å²) in [4.78, 5) is 25.4. The largest absolute Gasteiger partial charge is 0.507 e. The molecule has 1 N–H and O–H groups in total. The third-order valence-corrected chi connectivity index (χ3v) is 6.01. The summed E-state index contributed by atoms with van der Waals surface area (Å²) in [5.74, 6) is -0.0342. The highest BCUT2D eigenvalue weighted by molar-refractivity contribution is 5.92. The SMILES string of the molecule is Cc1ccc2c(N3CCN(C(=O)O[C@H]4CCCO4)CC3)nc(-c3c(O)cccc3F)nc2c1.[HH]. The smallest absolute Gasteiger partial charge is 0.412 e. The van der Waals surface area contributed by atoms with Crippen molar-refractivity contribution in [3.05, 3.63) is 47.8 Å². The molecule has 1 aromatic heterocycles. The maximum absolute atomic E-state index is 14.6. The average molecular weight is 455 g/mol. The monoisotopic (exact) mass is 454 g/mol. The van der Waals surface area contributed by atoms with Gasteiger partial charge in [-0.05, 0) is 43.2 Å². The molecule has 2 aliphatic rings. The zero-order chi connectivity index (χ0) is 22.9. The van der Waals surface area contributed by atoms with Crippen LogP contribution in [-0.4, -0.2) is 65.1 Å². The van der Waals surface area contributed by atoms with E-state index in [1.165, 1.54) is 18.2 Å². The molecule has 1 amide bonds. The number of anilines is 1. The van der Waals surface area contributed by atoms with Gasteiger partial charge < -0.3 is 24.4 Å². The van der Waals surface area contributed by atoms with Crippen LogP contribution in [-0.2, 0) is 9.47 Å². The predicted molar refractivity (Wildman–Crippen MR) is 123 cm³/mol. The summed E-state index contributed by atoms with van der Waals surface area (Å²) in [6.07, 6.45) is 0.789. The number of carbonyl (C=O) groups is 1. The van der Waals surface area contributed by atoms with Gasteiger partial charge in [0.1, 0.15) is 17.4 Å². The van der Waals surface area contributed by atoms with E-state index < -0.39 is 12.1 Å². The van der Waals surface area contributed by atoms with Crippen LogP contribution in [0.5, 0.6) is 5.75 Å². The number of rotatable bonds is 3. The Morgan fingerprint density at radius 3 is 2.76 bits per heavy atom. The Labute approximate surface area is 192 Å². The lowest BCUT2D eigenvalue weighted by molar-refractivity contribution is -0.0783. The fraction of sp³-hybridized carbons (Fsp3) is 0.375. The Morgan fingerprint density at radius 1 is 1.21 bits per heavy atom. The quantitative estimate of drug-likeness (QED) is 0.638. The molecule has 1 atom stereocenters. The minimum Gasteiger partial charge on any atom is -0.507 e. The second-order valence-electron chi connectivity index (χ2n) is 8.33. The molecule has 3 aromatic rings. The highest BCUT2D eigenvalue weighted by Gasteiger charge is 2.28. The molecule has 3 heterocycles. The lowest BCUT2D eigenvalue weighted by Crippen LogP contribution is -2.49. The Balaban J connectivity index is 0.00000274. The van der Waals surface area contributed by atoms with Crippen LogP contribution in [0.4, 0.5) is 15.0 Å². The number of hydrogen-bond donors (Lipinski definition) is 1. The van der Waals surface area contributed by atoms with E-state index >= 15 is 0 Å². The number of piperazine rings is 1. The van der Waals surface area contributed by atoms with Crippen molar-refractivity contribution in [2.45, 2.75) is 26.1 Å². The number of aryl methyl sites for hydroxylation is 1. The highest BCUT2D eigenvalue weighted by Crippen LogP contribution is 2.34. The van der Waals surface area contributed by atoms with Crippen molar-refractivity contribution in [2.75, 3.05) is 37.7 Å². The molecule has 0 saturated carbocycles. The zero-order valence-corrected chi connectivity index (χ0v) is 18.3. The summed E-state index contributed by atoms with van der Waals surface area (Å²) in [6.45, 7) is 4.56. The van der Waals surface area contributed by atoms with E-state index in [1.54, 1.807) is 4.90 Å². The lowest BCUT2D eigenvalue weighted by Gasteiger charge is -2.35. The maximum Gasteiger partial charge on any atom is 0.412 e. The normalized spacial score (nSPS) is 18.7. The number of aromatic hydroxyl groups is 1. The molecule has 8 nitrogen and oxygen atoms in total. The van der Waals surface area contributed by atoms with Gasteiger partial charge in [0.2, 0.25) is 6.29 Å². The zero-order valence-electron chi connectivity index (χ0n) is 18.3. The van der Waals surface area contributed by atoms with E-state index in [9.17, 15) is 14.3 Å². The van der Waals surface area contributed by atoms with Crippen molar-refractivity contribution in [1.29, 1.82) is 0 Å². The van der Waals surface area contributed by atoms with E-state index in [4.69, 9.17) is 9.47 Å². The van der Waals surface area contributed by atoms with E-state index in [0.29, 0.717) is 44.1 Å². The van der Waals surface area contributed by atoms with Gasteiger partial charge in [-0.15, -0.1) is 0 Å². The van der Waals surface area contributed by atoms with Crippen LogP contribution in [0, 0.1) is 12.7 Å². The Morgan fingerprint density at radius 2 is 2.03 bits per heavy atom. The molecule has 2 fully saturated rings. The van der Waals surface area contributed by atoms with Gasteiger partial charge in [0.05, 0.1) is 17.7 Å². The average Bonchev–Trinajstić information content (AvgIpc) is 3.31. The van der Waals surface area contributed by atoms with Crippen molar-refractivity contribution in [3.8, 4) is 17.1 Å². The molecule has 33 heavy (non-hydrogen) atoms. The highest BCUT2D eigenvalue weighted by atomic mass is 19.1. The molecular formula is C24H27FN4O4. The van der Waals surface area contributed by atoms with Crippen molar-refractivity contribution >= 4 is 22.8 Å². The molecule has 2 aromatic carbocycles. The van der Waals surface area contributed by atoms with E-state index in [0.717, 1.165) is 23.8 Å². The first-order valence-corrected chi connectivity index (χ1v) is 11.1. The van der Waals surface area contributed by atoms with E-state index in [2.05, 4.69) is 14.9 Å². The number of fused-ring (bicyclic) bond motifs is 1. The number of benzene rings is 2. The van der Waals surface area contributed by atoms with Crippen LogP contribution in [0.25, 0.3) is 22.3 Å². The number of ether oxygens (including phenoxy) is 2. The second kappa shape index (κ2) is 8.82. The summed E-state index contributed by atoms with van der Waals surface area (Å²) < 4.78 is 25.4. The van der Waals surface area contributed by atoms with E-state index in [-0.39, 0.29) is 24.7 Å². The number of phenols is 1. The van der Waals surface area contributed by atoms with Crippen molar-refractivity contribution in [2.24, 2.45) is 0 Å². The molecule has 5 rings (SSSR count). The van der Waals surface area contributed by atoms with Crippen LogP contribution in [0.15, 0.2) is 36.4 Å². The molecule has 2 aliphatic heterocycles. The van der Waals surface area contributed by atoms with Crippen LogP contribution in [0.2, 0.25) is 0 Å². The molecule has 0 aliphatic carbocycles. The summed E-state index contributed by atoms with van der Waals surface area (Å²) in [6, 6.07) is 9.97.